The molecule has 2 heterocycles. The van der Waals surface area contributed by atoms with Gasteiger partial charge in [-0.25, -0.2) is 19.0 Å². The fourth-order valence-electron chi connectivity index (χ4n) is 8.09. The fourth-order valence-corrected chi connectivity index (χ4v) is 9.78. The first-order chi connectivity index (χ1) is 26.0. The van der Waals surface area contributed by atoms with Gasteiger partial charge in [0.1, 0.15) is 0 Å². The van der Waals surface area contributed by atoms with Crippen LogP contribution in [0.5, 0.6) is 0 Å². The molecule has 2 aromatic carbocycles. The smallest absolute Gasteiger partial charge is 0.333 e. The van der Waals surface area contributed by atoms with Gasteiger partial charge in [-0.1, -0.05) is 12.1 Å². The lowest BCUT2D eigenvalue weighted by atomic mass is 9.99. The quantitative estimate of drug-likeness (QED) is 0.143. The summed E-state index contributed by atoms with van der Waals surface area (Å²) in [6, 6.07) is 5.62. The molecule has 0 saturated carbocycles. The number of anilines is 2. The van der Waals surface area contributed by atoms with E-state index in [0.29, 0.717) is 5.56 Å². The number of nitrogens with zero attached hydrogens (tertiary/aromatic N) is 2. The second kappa shape index (κ2) is 14.8. The van der Waals surface area contributed by atoms with E-state index in [1.54, 1.807) is 10.9 Å². The SMILES string of the molecule is CC(C)(O)c1coc(S(=O)(=O)NC(=O)Nc2c3c(cc4c2CCC4)CCC3)c1.CC(C)n1ccc(S(=O)(=O)NC(=O)Nc2c3c(cc4c2CCC4)CCC3)n1. The number of aromatic nitrogens is 2. The highest BCUT2D eigenvalue weighted by Gasteiger charge is 2.30. The lowest BCUT2D eigenvalue weighted by molar-refractivity contribution is 0.0779. The van der Waals surface area contributed by atoms with Crippen LogP contribution in [-0.4, -0.2) is 43.8 Å². The Hall–Kier alpha value is -4.67. The topological polar surface area (TPSA) is 202 Å². The van der Waals surface area contributed by atoms with Crippen LogP contribution >= 0.6 is 0 Å². The number of urea groups is 2. The Labute approximate surface area is 321 Å². The Balaban J connectivity index is 0.000000169. The first-order valence-electron chi connectivity index (χ1n) is 18.9. The minimum absolute atomic E-state index is 0.0391. The molecule has 2 aromatic heterocycles. The zero-order valence-corrected chi connectivity index (χ0v) is 33.2. The molecule has 0 saturated heterocycles. The van der Waals surface area contributed by atoms with Gasteiger partial charge in [0.15, 0.2) is 5.03 Å². The van der Waals surface area contributed by atoms with E-state index in [1.807, 2.05) is 18.6 Å². The number of nitrogens with one attached hydrogen (secondary N) is 4. The van der Waals surface area contributed by atoms with Gasteiger partial charge in [0.25, 0.3) is 20.0 Å². The van der Waals surface area contributed by atoms with Gasteiger partial charge in [-0.05, 0) is 155 Å². The number of amides is 4. The van der Waals surface area contributed by atoms with Gasteiger partial charge >= 0.3 is 12.1 Å². The van der Waals surface area contributed by atoms with Crippen molar-refractivity contribution in [1.82, 2.24) is 19.2 Å². The first kappa shape index (κ1) is 38.6. The monoisotopic (exact) mass is 792 g/mol. The fraction of sp³-hybridized carbons (Fsp3) is 0.462. The molecule has 0 bridgehead atoms. The molecule has 8 rings (SSSR count). The summed E-state index contributed by atoms with van der Waals surface area (Å²) in [5, 5.41) is 19.1. The van der Waals surface area contributed by atoms with Gasteiger partial charge in [0.05, 0.1) is 11.9 Å². The van der Waals surface area contributed by atoms with Crippen molar-refractivity contribution in [2.75, 3.05) is 10.6 Å². The molecule has 55 heavy (non-hydrogen) atoms. The number of sulfonamides is 2. The van der Waals surface area contributed by atoms with Crippen LogP contribution in [0.2, 0.25) is 0 Å². The van der Waals surface area contributed by atoms with Crippen LogP contribution in [-0.2, 0) is 77.0 Å². The van der Waals surface area contributed by atoms with Gasteiger partial charge in [-0.3, -0.25) is 4.68 Å². The van der Waals surface area contributed by atoms with E-state index >= 15 is 0 Å². The number of hydrogen-bond donors (Lipinski definition) is 5. The van der Waals surface area contributed by atoms with Crippen molar-refractivity contribution < 1.29 is 35.9 Å². The highest BCUT2D eigenvalue weighted by atomic mass is 32.2. The predicted molar refractivity (Wildman–Crippen MR) is 206 cm³/mol. The molecule has 4 aromatic rings. The summed E-state index contributed by atoms with van der Waals surface area (Å²) in [4.78, 5) is 25.0. The predicted octanol–water partition coefficient (Wildman–Crippen LogP) is 5.95. The van der Waals surface area contributed by atoms with Crippen molar-refractivity contribution >= 4 is 43.5 Å². The van der Waals surface area contributed by atoms with E-state index in [-0.39, 0.29) is 11.1 Å². The molecule has 294 valence electrons. The van der Waals surface area contributed by atoms with Gasteiger partial charge in [-0.15, -0.1) is 0 Å². The number of furan rings is 1. The average molecular weight is 793 g/mol. The molecule has 0 aliphatic heterocycles. The van der Waals surface area contributed by atoms with Crippen molar-refractivity contribution in [3.63, 3.8) is 0 Å². The second-order valence-corrected chi connectivity index (χ2v) is 18.8. The molecule has 14 nitrogen and oxygen atoms in total. The summed E-state index contributed by atoms with van der Waals surface area (Å²) in [5.41, 5.74) is 10.3. The number of hydrogen-bond acceptors (Lipinski definition) is 9. The molecule has 0 atom stereocenters. The molecule has 0 spiro atoms. The molecule has 4 aliphatic carbocycles. The zero-order valence-electron chi connectivity index (χ0n) is 31.5. The van der Waals surface area contributed by atoms with Crippen molar-refractivity contribution in [3.05, 3.63) is 86.8 Å². The summed E-state index contributed by atoms with van der Waals surface area (Å²) in [7, 11) is -8.20. The number of carbonyl (C=O) groups is 2. The Morgan fingerprint density at radius 1 is 0.727 bits per heavy atom. The Bertz CT molecular complexity index is 2330. The maximum atomic E-state index is 12.5. The van der Waals surface area contributed by atoms with E-state index in [1.165, 1.54) is 54.5 Å². The van der Waals surface area contributed by atoms with Gasteiger partial charge in [0, 0.05) is 35.2 Å². The van der Waals surface area contributed by atoms with Crippen molar-refractivity contribution in [2.45, 2.75) is 127 Å². The Morgan fingerprint density at radius 2 is 1.16 bits per heavy atom. The molecule has 0 unspecified atom stereocenters. The van der Waals surface area contributed by atoms with Crippen LogP contribution in [0, 0.1) is 0 Å². The number of rotatable bonds is 8. The lowest BCUT2D eigenvalue weighted by Gasteiger charge is -2.16. The summed E-state index contributed by atoms with van der Waals surface area (Å²) in [6.07, 6.45) is 14.6. The standard InChI is InChI=1S/C20H24N2O5S.C19H24N4O3S/c1-20(2,24)14-10-17(27-11-14)28(25,26)22-19(23)21-18-15-7-3-5-12(15)9-13-6-4-8-16(13)18;1-12(2)23-10-9-17(21-23)27(25,26)22-19(24)20-18-15-7-3-5-13(15)11-14-6-4-8-16(14)18/h9-11,24H,3-8H2,1-2H3,(H2,21,22,23);9-12H,3-8H2,1-2H3,(H2,20,22,24). The number of carbonyl (C=O) groups excluding carboxylic acids is 2. The molecular weight excluding hydrogens is 745 g/mol. The molecule has 5 N–H and O–H groups in total. The van der Waals surface area contributed by atoms with E-state index < -0.39 is 42.8 Å². The summed E-state index contributed by atoms with van der Waals surface area (Å²) >= 11 is 0. The molecule has 0 radical (unpaired) electrons. The lowest BCUT2D eigenvalue weighted by Crippen LogP contribution is -2.35. The minimum atomic E-state index is -4.19. The number of aryl methyl sites for hydroxylation is 4. The molecule has 16 heteroatoms. The van der Waals surface area contributed by atoms with Crippen molar-refractivity contribution in [2.24, 2.45) is 0 Å². The third-order valence-corrected chi connectivity index (χ3v) is 13.2. The number of benzene rings is 2. The molecule has 4 amide bonds. The number of fused-ring (bicyclic) bond motifs is 4. The number of aliphatic hydroxyl groups is 1. The first-order valence-corrected chi connectivity index (χ1v) is 21.8. The van der Waals surface area contributed by atoms with E-state index in [9.17, 15) is 31.5 Å². The van der Waals surface area contributed by atoms with Crippen molar-refractivity contribution in [3.8, 4) is 0 Å². The van der Waals surface area contributed by atoms with E-state index in [0.717, 1.165) is 111 Å². The van der Waals surface area contributed by atoms with Gasteiger partial charge in [-0.2, -0.15) is 21.9 Å². The van der Waals surface area contributed by atoms with Crippen molar-refractivity contribution in [1.29, 1.82) is 0 Å². The maximum Gasteiger partial charge on any atom is 0.333 e. The highest BCUT2D eigenvalue weighted by Crippen LogP contribution is 2.40. The van der Waals surface area contributed by atoms with Crippen LogP contribution in [0.15, 0.2) is 51.3 Å². The normalized spacial score (nSPS) is 15.8. The van der Waals surface area contributed by atoms with E-state index in [4.69, 9.17) is 4.42 Å². The Kier molecular flexibility index (Phi) is 10.4. The largest absolute Gasteiger partial charge is 0.451 e. The molecule has 0 fully saturated rings. The maximum absolute atomic E-state index is 12.5. The second-order valence-electron chi connectivity index (χ2n) is 15.5. The zero-order chi connectivity index (χ0) is 39.3. The summed E-state index contributed by atoms with van der Waals surface area (Å²) in [5.74, 6) is 0. The highest BCUT2D eigenvalue weighted by molar-refractivity contribution is 7.90. The van der Waals surface area contributed by atoms with Crippen LogP contribution in [0.25, 0.3) is 0 Å². The molecule has 4 aliphatic rings. The van der Waals surface area contributed by atoms with Gasteiger partial charge in [0.2, 0.25) is 5.09 Å². The van der Waals surface area contributed by atoms with E-state index in [2.05, 4.69) is 32.6 Å². The third kappa shape index (κ3) is 8.03. The summed E-state index contributed by atoms with van der Waals surface area (Å²) in [6.45, 7) is 6.84. The minimum Gasteiger partial charge on any atom is -0.451 e. The van der Waals surface area contributed by atoms with Crippen LogP contribution in [0.4, 0.5) is 21.0 Å². The van der Waals surface area contributed by atoms with Crippen LogP contribution in [0.3, 0.4) is 0 Å². The van der Waals surface area contributed by atoms with Crippen LogP contribution in [0.1, 0.15) is 109 Å². The van der Waals surface area contributed by atoms with Crippen LogP contribution < -0.4 is 20.1 Å². The average Bonchev–Trinajstić information content (AvgIpc) is 3.95. The third-order valence-electron chi connectivity index (χ3n) is 10.8. The Morgan fingerprint density at radius 3 is 1.55 bits per heavy atom. The summed E-state index contributed by atoms with van der Waals surface area (Å²) < 4.78 is 60.7. The van der Waals surface area contributed by atoms with Gasteiger partial charge < -0.3 is 20.2 Å². The molecular formula is C39H48N6O8S2.